The van der Waals surface area contributed by atoms with E-state index in [1.54, 1.807) is 12.1 Å². The highest BCUT2D eigenvalue weighted by Gasteiger charge is 2.23. The molecular weight excluding hydrogens is 281 g/mol. The lowest BCUT2D eigenvalue weighted by Crippen LogP contribution is -2.25. The standard InChI is InChI=1S/C12H10FN5O3/c13-8-3-4-9(18(20)21)11(14)10(8)12(19)15-6-7-2-1-5-16-17-7/h1-5H,6,14H2,(H,15,19). The predicted octanol–water partition coefficient (Wildman–Crippen LogP) is 1.04. The third-order valence-corrected chi connectivity index (χ3v) is 2.65. The Hall–Kier alpha value is -3.10. The summed E-state index contributed by atoms with van der Waals surface area (Å²) in [4.78, 5) is 21.9. The number of nitrogens with one attached hydrogen (secondary N) is 1. The molecule has 1 amide bonds. The Bertz CT molecular complexity index is 693. The first kappa shape index (κ1) is 14.3. The second-order valence-corrected chi connectivity index (χ2v) is 4.01. The Kier molecular flexibility index (Phi) is 4.02. The minimum Gasteiger partial charge on any atom is -0.392 e. The predicted molar refractivity (Wildman–Crippen MR) is 70.7 cm³/mol. The summed E-state index contributed by atoms with van der Waals surface area (Å²) >= 11 is 0. The van der Waals surface area contributed by atoms with Gasteiger partial charge in [0, 0.05) is 12.3 Å². The Morgan fingerprint density at radius 3 is 2.81 bits per heavy atom. The molecule has 0 aliphatic carbocycles. The molecule has 108 valence electrons. The summed E-state index contributed by atoms with van der Waals surface area (Å²) in [6.45, 7) is -0.00571. The smallest absolute Gasteiger partial charge is 0.293 e. The number of nitrogens with zero attached hydrogens (tertiary/aromatic N) is 3. The molecule has 2 rings (SSSR count). The molecule has 0 aliphatic rings. The third-order valence-electron chi connectivity index (χ3n) is 2.65. The number of carbonyl (C=O) groups excluding carboxylic acids is 1. The van der Waals surface area contributed by atoms with Crippen LogP contribution in [0.3, 0.4) is 0 Å². The summed E-state index contributed by atoms with van der Waals surface area (Å²) in [6, 6.07) is 4.97. The molecule has 0 saturated carbocycles. The number of hydrogen-bond acceptors (Lipinski definition) is 6. The van der Waals surface area contributed by atoms with Gasteiger partial charge in [0.15, 0.2) is 0 Å². The average Bonchev–Trinajstić information content (AvgIpc) is 2.46. The maximum atomic E-state index is 13.7. The maximum absolute atomic E-state index is 13.7. The lowest BCUT2D eigenvalue weighted by atomic mass is 10.1. The summed E-state index contributed by atoms with van der Waals surface area (Å²) in [5.74, 6) is -1.80. The van der Waals surface area contributed by atoms with Crippen LogP contribution in [0.2, 0.25) is 0 Å². The number of halogens is 1. The van der Waals surface area contributed by atoms with Crippen LogP contribution in [-0.4, -0.2) is 21.0 Å². The van der Waals surface area contributed by atoms with Crippen molar-refractivity contribution in [3.05, 3.63) is 57.7 Å². The number of anilines is 1. The van der Waals surface area contributed by atoms with Crippen LogP contribution in [0.15, 0.2) is 30.5 Å². The van der Waals surface area contributed by atoms with Crippen molar-refractivity contribution in [3.8, 4) is 0 Å². The fourth-order valence-electron chi connectivity index (χ4n) is 1.66. The Morgan fingerprint density at radius 2 is 2.19 bits per heavy atom. The highest BCUT2D eigenvalue weighted by atomic mass is 19.1. The number of nitrogens with two attached hydrogens (primary N) is 1. The molecule has 9 heteroatoms. The molecule has 3 N–H and O–H groups in total. The number of aromatic nitrogens is 2. The van der Waals surface area contributed by atoms with Crippen molar-refractivity contribution in [2.75, 3.05) is 5.73 Å². The number of hydrogen-bond donors (Lipinski definition) is 2. The zero-order valence-corrected chi connectivity index (χ0v) is 10.6. The van der Waals surface area contributed by atoms with Crippen LogP contribution in [0.5, 0.6) is 0 Å². The van der Waals surface area contributed by atoms with E-state index in [9.17, 15) is 19.3 Å². The van der Waals surface area contributed by atoms with E-state index in [2.05, 4.69) is 15.5 Å². The first-order chi connectivity index (χ1) is 10.0. The van der Waals surface area contributed by atoms with E-state index < -0.39 is 33.6 Å². The highest BCUT2D eigenvalue weighted by molar-refractivity contribution is 6.01. The number of nitrogen functional groups attached to an aromatic ring is 1. The van der Waals surface area contributed by atoms with Crippen LogP contribution in [0.4, 0.5) is 15.8 Å². The van der Waals surface area contributed by atoms with Gasteiger partial charge in [0.25, 0.3) is 11.6 Å². The topological polar surface area (TPSA) is 124 Å². The van der Waals surface area contributed by atoms with Crippen LogP contribution in [0.1, 0.15) is 16.1 Å². The molecular formula is C12H10FN5O3. The van der Waals surface area contributed by atoms with E-state index in [0.717, 1.165) is 12.1 Å². The normalized spacial score (nSPS) is 10.1. The van der Waals surface area contributed by atoms with Gasteiger partial charge in [-0.1, -0.05) is 0 Å². The molecule has 2 aromatic rings. The molecule has 0 radical (unpaired) electrons. The van der Waals surface area contributed by atoms with Gasteiger partial charge in [-0.15, -0.1) is 0 Å². The van der Waals surface area contributed by atoms with Crippen molar-refractivity contribution < 1.29 is 14.1 Å². The SMILES string of the molecule is Nc1c([N+](=O)[O-])ccc(F)c1C(=O)NCc1cccnn1. The molecule has 8 nitrogen and oxygen atoms in total. The highest BCUT2D eigenvalue weighted by Crippen LogP contribution is 2.27. The number of benzene rings is 1. The minimum absolute atomic E-state index is 0.00571. The van der Waals surface area contributed by atoms with Gasteiger partial charge < -0.3 is 11.1 Å². The Balaban J connectivity index is 2.23. The van der Waals surface area contributed by atoms with Gasteiger partial charge in [-0.25, -0.2) is 4.39 Å². The van der Waals surface area contributed by atoms with Crippen molar-refractivity contribution in [1.82, 2.24) is 15.5 Å². The van der Waals surface area contributed by atoms with Gasteiger partial charge in [0.1, 0.15) is 17.1 Å². The molecule has 0 atom stereocenters. The third kappa shape index (κ3) is 3.08. The van der Waals surface area contributed by atoms with Gasteiger partial charge >= 0.3 is 0 Å². The van der Waals surface area contributed by atoms with Crippen LogP contribution in [0, 0.1) is 15.9 Å². The van der Waals surface area contributed by atoms with Crippen molar-refractivity contribution in [1.29, 1.82) is 0 Å². The molecule has 0 saturated heterocycles. The first-order valence-electron chi connectivity index (χ1n) is 5.78. The first-order valence-corrected chi connectivity index (χ1v) is 5.78. The molecule has 0 unspecified atom stereocenters. The maximum Gasteiger partial charge on any atom is 0.293 e. The molecule has 1 aromatic carbocycles. The van der Waals surface area contributed by atoms with Crippen LogP contribution < -0.4 is 11.1 Å². The molecule has 0 bridgehead atoms. The van der Waals surface area contributed by atoms with Gasteiger partial charge in [-0.2, -0.15) is 10.2 Å². The number of nitro benzene ring substituents is 1. The summed E-state index contributed by atoms with van der Waals surface area (Å²) in [5.41, 5.74) is 4.33. The second-order valence-electron chi connectivity index (χ2n) is 4.01. The lowest BCUT2D eigenvalue weighted by molar-refractivity contribution is -0.384. The number of amides is 1. The van der Waals surface area contributed by atoms with E-state index in [0.29, 0.717) is 5.69 Å². The molecule has 0 spiro atoms. The quantitative estimate of drug-likeness (QED) is 0.492. The van der Waals surface area contributed by atoms with E-state index in [1.165, 1.54) is 6.20 Å². The summed E-state index contributed by atoms with van der Waals surface area (Å²) in [5, 5.41) is 20.5. The van der Waals surface area contributed by atoms with Crippen LogP contribution in [-0.2, 0) is 6.54 Å². The van der Waals surface area contributed by atoms with E-state index >= 15 is 0 Å². The van der Waals surface area contributed by atoms with E-state index in [1.807, 2.05) is 0 Å². The monoisotopic (exact) mass is 291 g/mol. The number of carbonyl (C=O) groups is 1. The van der Waals surface area contributed by atoms with Crippen molar-refractivity contribution >= 4 is 17.3 Å². The molecule has 1 aromatic heterocycles. The number of rotatable bonds is 4. The van der Waals surface area contributed by atoms with E-state index in [-0.39, 0.29) is 6.54 Å². The van der Waals surface area contributed by atoms with Crippen molar-refractivity contribution in [2.45, 2.75) is 6.54 Å². The molecule has 0 fully saturated rings. The summed E-state index contributed by atoms with van der Waals surface area (Å²) in [6.07, 6.45) is 1.46. The summed E-state index contributed by atoms with van der Waals surface area (Å²) in [7, 11) is 0. The van der Waals surface area contributed by atoms with E-state index in [4.69, 9.17) is 5.73 Å². The van der Waals surface area contributed by atoms with Gasteiger partial charge in [-0.05, 0) is 18.2 Å². The zero-order chi connectivity index (χ0) is 15.4. The van der Waals surface area contributed by atoms with Crippen molar-refractivity contribution in [2.24, 2.45) is 0 Å². The van der Waals surface area contributed by atoms with Crippen molar-refractivity contribution in [3.63, 3.8) is 0 Å². The van der Waals surface area contributed by atoms with Gasteiger partial charge in [0.05, 0.1) is 17.2 Å². The Labute approximate surface area is 117 Å². The minimum atomic E-state index is -0.935. The number of nitro groups is 1. The fourth-order valence-corrected chi connectivity index (χ4v) is 1.66. The average molecular weight is 291 g/mol. The summed E-state index contributed by atoms with van der Waals surface area (Å²) < 4.78 is 13.7. The fraction of sp³-hybridized carbons (Fsp3) is 0.0833. The molecule has 0 aliphatic heterocycles. The lowest BCUT2D eigenvalue weighted by Gasteiger charge is -2.08. The molecule has 1 heterocycles. The van der Waals surface area contributed by atoms with Gasteiger partial charge in [-0.3, -0.25) is 14.9 Å². The van der Waals surface area contributed by atoms with Gasteiger partial charge in [0.2, 0.25) is 0 Å². The van der Waals surface area contributed by atoms with Crippen LogP contribution >= 0.6 is 0 Å². The largest absolute Gasteiger partial charge is 0.392 e. The van der Waals surface area contributed by atoms with Crippen LogP contribution in [0.25, 0.3) is 0 Å². The molecule has 21 heavy (non-hydrogen) atoms. The zero-order valence-electron chi connectivity index (χ0n) is 10.6. The second kappa shape index (κ2) is 5.90. The Morgan fingerprint density at radius 1 is 1.43 bits per heavy atom.